The number of nitrogens with one attached hydrogen (secondary N) is 1. The van der Waals surface area contributed by atoms with Crippen LogP contribution in [0.25, 0.3) is 11.8 Å². The minimum atomic E-state index is -0.748. The van der Waals surface area contributed by atoms with E-state index >= 15 is 0 Å². The highest BCUT2D eigenvalue weighted by molar-refractivity contribution is 6.31. The zero-order valence-corrected chi connectivity index (χ0v) is 12.7. The Balaban J connectivity index is 1.91. The first-order valence-electron chi connectivity index (χ1n) is 7.20. The fraction of sp³-hybridized carbons (Fsp3) is 0.0588. The third kappa shape index (κ3) is 2.87. The lowest BCUT2D eigenvalue weighted by Gasteiger charge is -2.24. The summed E-state index contributed by atoms with van der Waals surface area (Å²) < 4.78 is 1.63. The van der Waals surface area contributed by atoms with Gasteiger partial charge in [-0.3, -0.25) is 19.8 Å². The molecule has 1 fully saturated rings. The number of aromatic nitrogens is 2. The molecule has 0 bridgehead atoms. The van der Waals surface area contributed by atoms with Gasteiger partial charge >= 0.3 is 6.03 Å². The number of carbonyl (C=O) groups excluding carboxylic acids is 3. The molecule has 1 aromatic heterocycles. The Morgan fingerprint density at radius 1 is 1.17 bits per heavy atom. The van der Waals surface area contributed by atoms with E-state index in [0.29, 0.717) is 5.56 Å². The molecule has 7 heteroatoms. The number of carbonyl (C=O) groups is 3. The minimum Gasteiger partial charge on any atom is -0.273 e. The van der Waals surface area contributed by atoms with Crippen LogP contribution in [0.4, 0.5) is 4.79 Å². The first-order valence-corrected chi connectivity index (χ1v) is 7.20. The van der Waals surface area contributed by atoms with Gasteiger partial charge in [0, 0.05) is 18.3 Å². The van der Waals surface area contributed by atoms with E-state index in [0.717, 1.165) is 10.6 Å². The molecule has 1 saturated heterocycles. The van der Waals surface area contributed by atoms with Gasteiger partial charge in [0.2, 0.25) is 0 Å². The maximum absolute atomic E-state index is 12.3. The second-order valence-corrected chi connectivity index (χ2v) is 5.08. The van der Waals surface area contributed by atoms with Crippen molar-refractivity contribution in [2.75, 3.05) is 6.54 Å². The number of amides is 4. The van der Waals surface area contributed by atoms with Gasteiger partial charge in [-0.2, -0.15) is 5.10 Å². The van der Waals surface area contributed by atoms with Gasteiger partial charge in [0.1, 0.15) is 5.57 Å². The molecule has 0 aliphatic carbocycles. The van der Waals surface area contributed by atoms with Crippen LogP contribution in [0.15, 0.2) is 61.0 Å². The van der Waals surface area contributed by atoms with Crippen molar-refractivity contribution in [3.63, 3.8) is 0 Å². The molecule has 1 aromatic carbocycles. The smallest absolute Gasteiger partial charge is 0.273 e. The standard InChI is InChI=1S/C17H14N4O3/c1-2-8-20-16(23)14(15(22)19-17(20)24)9-12-10-18-21(11-12)13-6-4-3-5-7-13/h2-7,9-11H,1,8H2,(H,19,22,24)/b14-9+. The van der Waals surface area contributed by atoms with Crippen molar-refractivity contribution in [3.05, 3.63) is 66.5 Å². The summed E-state index contributed by atoms with van der Waals surface area (Å²) in [5.74, 6) is -1.38. The number of benzene rings is 1. The highest BCUT2D eigenvalue weighted by Crippen LogP contribution is 2.15. The summed E-state index contributed by atoms with van der Waals surface area (Å²) in [5.41, 5.74) is 1.30. The van der Waals surface area contributed by atoms with E-state index in [1.54, 1.807) is 10.9 Å². The van der Waals surface area contributed by atoms with Crippen LogP contribution in [0.3, 0.4) is 0 Å². The van der Waals surface area contributed by atoms with Crippen LogP contribution in [0.1, 0.15) is 5.56 Å². The quantitative estimate of drug-likeness (QED) is 0.525. The van der Waals surface area contributed by atoms with Gasteiger partial charge in [0.15, 0.2) is 0 Å². The largest absolute Gasteiger partial charge is 0.331 e. The third-order valence-electron chi connectivity index (χ3n) is 3.43. The number of barbiturate groups is 1. The van der Waals surface area contributed by atoms with Crippen LogP contribution in [-0.4, -0.2) is 39.1 Å². The Kier molecular flexibility index (Phi) is 4.07. The highest BCUT2D eigenvalue weighted by Gasteiger charge is 2.34. The normalized spacial score (nSPS) is 16.4. The van der Waals surface area contributed by atoms with Gasteiger partial charge in [-0.1, -0.05) is 24.3 Å². The van der Waals surface area contributed by atoms with Crippen LogP contribution in [0.2, 0.25) is 0 Å². The first-order chi connectivity index (χ1) is 11.6. The molecule has 0 atom stereocenters. The highest BCUT2D eigenvalue weighted by atomic mass is 16.2. The minimum absolute atomic E-state index is 0.0264. The Bertz CT molecular complexity index is 852. The number of imide groups is 2. The zero-order chi connectivity index (χ0) is 17.1. The van der Waals surface area contributed by atoms with Gasteiger partial charge in [-0.25, -0.2) is 9.48 Å². The monoisotopic (exact) mass is 322 g/mol. The van der Waals surface area contributed by atoms with Gasteiger partial charge in [-0.05, 0) is 18.2 Å². The van der Waals surface area contributed by atoms with E-state index in [2.05, 4.69) is 17.0 Å². The van der Waals surface area contributed by atoms with Crippen molar-refractivity contribution in [2.24, 2.45) is 0 Å². The number of nitrogens with zero attached hydrogens (tertiary/aromatic N) is 3. The molecule has 2 heterocycles. The van der Waals surface area contributed by atoms with Crippen LogP contribution in [0, 0.1) is 0 Å². The summed E-state index contributed by atoms with van der Waals surface area (Å²) in [7, 11) is 0. The van der Waals surface area contributed by atoms with Crippen LogP contribution in [0.5, 0.6) is 0 Å². The summed E-state index contributed by atoms with van der Waals surface area (Å²) >= 11 is 0. The van der Waals surface area contributed by atoms with Gasteiger partial charge < -0.3 is 0 Å². The zero-order valence-electron chi connectivity index (χ0n) is 12.7. The molecule has 2 aromatic rings. The fourth-order valence-corrected chi connectivity index (χ4v) is 2.29. The Labute approximate surface area is 137 Å². The molecule has 3 rings (SSSR count). The molecule has 1 N–H and O–H groups in total. The maximum Gasteiger partial charge on any atom is 0.331 e. The van der Waals surface area contributed by atoms with Gasteiger partial charge in [0.05, 0.1) is 11.9 Å². The Morgan fingerprint density at radius 3 is 2.62 bits per heavy atom. The molecule has 0 saturated carbocycles. The maximum atomic E-state index is 12.3. The molecular formula is C17H14N4O3. The molecule has 120 valence electrons. The van der Waals surface area contributed by atoms with Crippen molar-refractivity contribution in [1.82, 2.24) is 20.0 Å². The SMILES string of the molecule is C=CCN1C(=O)NC(=O)/C(=C\c2cnn(-c3ccccc3)c2)C1=O. The van der Waals surface area contributed by atoms with E-state index in [9.17, 15) is 14.4 Å². The Hall–Kier alpha value is -3.48. The third-order valence-corrected chi connectivity index (χ3v) is 3.43. The lowest BCUT2D eigenvalue weighted by Crippen LogP contribution is -2.54. The van der Waals surface area contributed by atoms with E-state index in [4.69, 9.17) is 0 Å². The van der Waals surface area contributed by atoms with Crippen LogP contribution >= 0.6 is 0 Å². The predicted octanol–water partition coefficient (Wildman–Crippen LogP) is 1.52. The van der Waals surface area contributed by atoms with Crippen LogP contribution in [-0.2, 0) is 9.59 Å². The molecule has 4 amide bonds. The van der Waals surface area contributed by atoms with Crippen molar-refractivity contribution < 1.29 is 14.4 Å². The predicted molar refractivity (Wildman–Crippen MR) is 87.0 cm³/mol. The van der Waals surface area contributed by atoms with Crippen LogP contribution < -0.4 is 5.32 Å². The van der Waals surface area contributed by atoms with Gasteiger partial charge in [0.25, 0.3) is 11.8 Å². The molecule has 1 aliphatic rings. The number of rotatable bonds is 4. The molecular weight excluding hydrogens is 308 g/mol. The summed E-state index contributed by atoms with van der Waals surface area (Å²) in [4.78, 5) is 36.9. The summed E-state index contributed by atoms with van der Waals surface area (Å²) in [6, 6.07) is 8.67. The van der Waals surface area contributed by atoms with Crippen molar-refractivity contribution in [3.8, 4) is 5.69 Å². The average molecular weight is 322 g/mol. The van der Waals surface area contributed by atoms with E-state index < -0.39 is 17.8 Å². The number of hydrogen-bond acceptors (Lipinski definition) is 4. The summed E-state index contributed by atoms with van der Waals surface area (Å²) in [6.45, 7) is 3.52. The second kappa shape index (κ2) is 6.33. The molecule has 0 radical (unpaired) electrons. The van der Waals surface area contributed by atoms with E-state index in [1.165, 1.54) is 18.3 Å². The van der Waals surface area contributed by atoms with E-state index in [-0.39, 0.29) is 12.1 Å². The fourth-order valence-electron chi connectivity index (χ4n) is 2.29. The summed E-state index contributed by atoms with van der Waals surface area (Å²) in [5, 5.41) is 6.34. The topological polar surface area (TPSA) is 84.3 Å². The lowest BCUT2D eigenvalue weighted by molar-refractivity contribution is -0.129. The number of para-hydroxylation sites is 1. The van der Waals surface area contributed by atoms with Crippen molar-refractivity contribution in [2.45, 2.75) is 0 Å². The Morgan fingerprint density at radius 2 is 1.92 bits per heavy atom. The van der Waals surface area contributed by atoms with Crippen molar-refractivity contribution >= 4 is 23.9 Å². The number of hydrogen-bond donors (Lipinski definition) is 1. The number of urea groups is 1. The molecule has 7 nitrogen and oxygen atoms in total. The lowest BCUT2D eigenvalue weighted by atomic mass is 10.1. The second-order valence-electron chi connectivity index (χ2n) is 5.08. The molecule has 0 spiro atoms. The average Bonchev–Trinajstić information content (AvgIpc) is 3.05. The van der Waals surface area contributed by atoms with Gasteiger partial charge in [-0.15, -0.1) is 6.58 Å². The summed E-state index contributed by atoms with van der Waals surface area (Å²) in [6.07, 6.45) is 6.05. The molecule has 24 heavy (non-hydrogen) atoms. The van der Waals surface area contributed by atoms with Crippen molar-refractivity contribution in [1.29, 1.82) is 0 Å². The van der Waals surface area contributed by atoms with E-state index in [1.807, 2.05) is 30.3 Å². The first kappa shape index (κ1) is 15.4. The molecule has 1 aliphatic heterocycles. The molecule has 0 unspecified atom stereocenters.